The number of hydrogen-bond donors (Lipinski definition) is 2. The molecule has 0 aliphatic carbocycles. The summed E-state index contributed by atoms with van der Waals surface area (Å²) in [5, 5.41) is 13.3. The van der Waals surface area contributed by atoms with Gasteiger partial charge < -0.3 is 10.4 Å². The van der Waals surface area contributed by atoms with E-state index in [-0.39, 0.29) is 5.56 Å². The second-order valence-corrected chi connectivity index (χ2v) is 6.42. The molecule has 1 heterocycles. The zero-order valence-corrected chi connectivity index (χ0v) is 13.4. The number of halogens is 3. The normalized spacial score (nSPS) is 12.2. The van der Waals surface area contributed by atoms with Crippen LogP contribution in [0.4, 0.5) is 18.3 Å². The molecule has 124 valence electrons. The molecule has 0 aliphatic heterocycles. The molecule has 0 saturated heterocycles. The number of aromatic nitrogens is 1. The minimum Gasteiger partial charge on any atom is -0.369 e. The van der Waals surface area contributed by atoms with Crippen molar-refractivity contribution in [1.29, 1.82) is 0 Å². The predicted octanol–water partition coefficient (Wildman–Crippen LogP) is 4.64. The van der Waals surface area contributed by atoms with Crippen LogP contribution < -0.4 is 5.32 Å². The predicted molar refractivity (Wildman–Crippen MR) is 87.2 cm³/mol. The van der Waals surface area contributed by atoms with Gasteiger partial charge >= 0.3 is 0 Å². The van der Waals surface area contributed by atoms with Gasteiger partial charge in [-0.1, -0.05) is 18.2 Å². The van der Waals surface area contributed by atoms with Gasteiger partial charge in [-0.3, -0.25) is 0 Å². The topological polar surface area (TPSA) is 45.2 Å². The summed E-state index contributed by atoms with van der Waals surface area (Å²) >= 11 is 1.34. The van der Waals surface area contributed by atoms with Gasteiger partial charge in [0.1, 0.15) is 5.82 Å². The van der Waals surface area contributed by atoms with E-state index in [1.807, 2.05) is 6.92 Å². The maximum atomic E-state index is 14.3. The van der Waals surface area contributed by atoms with Gasteiger partial charge in [0.05, 0.1) is 0 Å². The van der Waals surface area contributed by atoms with Gasteiger partial charge in [0.15, 0.2) is 23.0 Å². The molecule has 24 heavy (non-hydrogen) atoms. The fourth-order valence-corrected chi connectivity index (χ4v) is 2.91. The van der Waals surface area contributed by atoms with Crippen LogP contribution >= 0.6 is 11.3 Å². The Bertz CT molecular complexity index is 882. The molecule has 1 atom stereocenters. The Morgan fingerprint density at radius 1 is 1.00 bits per heavy atom. The van der Waals surface area contributed by atoms with Crippen LogP contribution in [-0.4, -0.2) is 10.1 Å². The van der Waals surface area contributed by atoms with Crippen LogP contribution in [0.25, 0.3) is 11.1 Å². The zero-order chi connectivity index (χ0) is 17.3. The SMILES string of the molecule is Cc1cnc(NC(O)c2ccc(-c3ccc(F)c(F)c3)cc2F)s1. The van der Waals surface area contributed by atoms with E-state index in [9.17, 15) is 18.3 Å². The number of aliphatic hydroxyl groups excluding tert-OH is 1. The summed E-state index contributed by atoms with van der Waals surface area (Å²) in [4.78, 5) is 5.00. The second-order valence-electron chi connectivity index (χ2n) is 5.19. The minimum atomic E-state index is -1.27. The van der Waals surface area contributed by atoms with E-state index in [0.29, 0.717) is 16.3 Å². The van der Waals surface area contributed by atoms with E-state index in [1.165, 1.54) is 35.6 Å². The third kappa shape index (κ3) is 3.42. The maximum Gasteiger partial charge on any atom is 0.185 e. The molecule has 3 aromatic rings. The number of anilines is 1. The van der Waals surface area contributed by atoms with Crippen LogP contribution in [0.5, 0.6) is 0 Å². The van der Waals surface area contributed by atoms with Crippen LogP contribution in [-0.2, 0) is 0 Å². The Kier molecular flexibility index (Phi) is 4.55. The zero-order valence-electron chi connectivity index (χ0n) is 12.6. The molecule has 0 amide bonds. The van der Waals surface area contributed by atoms with Gasteiger partial charge in [-0.25, -0.2) is 18.2 Å². The lowest BCUT2D eigenvalue weighted by atomic mass is 10.0. The van der Waals surface area contributed by atoms with Crippen LogP contribution in [0.1, 0.15) is 16.7 Å². The Balaban J connectivity index is 1.85. The highest BCUT2D eigenvalue weighted by atomic mass is 32.1. The molecule has 0 bridgehead atoms. The largest absolute Gasteiger partial charge is 0.369 e. The molecule has 2 aromatic carbocycles. The summed E-state index contributed by atoms with van der Waals surface area (Å²) in [6.45, 7) is 1.87. The number of nitrogens with one attached hydrogen (secondary N) is 1. The van der Waals surface area contributed by atoms with Crippen molar-refractivity contribution in [3.63, 3.8) is 0 Å². The summed E-state index contributed by atoms with van der Waals surface area (Å²) in [7, 11) is 0. The van der Waals surface area contributed by atoms with Gasteiger partial charge in [-0.05, 0) is 36.2 Å². The highest BCUT2D eigenvalue weighted by molar-refractivity contribution is 7.15. The van der Waals surface area contributed by atoms with Crippen molar-refractivity contribution >= 4 is 16.5 Å². The molecule has 0 spiro atoms. The van der Waals surface area contributed by atoms with Crippen molar-refractivity contribution < 1.29 is 18.3 Å². The Labute approximate surface area is 140 Å². The summed E-state index contributed by atoms with van der Waals surface area (Å²) in [6, 6.07) is 7.43. The van der Waals surface area contributed by atoms with E-state index in [2.05, 4.69) is 10.3 Å². The first-order chi connectivity index (χ1) is 11.4. The molecule has 0 saturated carbocycles. The summed E-state index contributed by atoms with van der Waals surface area (Å²) < 4.78 is 40.6. The third-order valence-corrected chi connectivity index (χ3v) is 4.27. The average Bonchev–Trinajstić information content (AvgIpc) is 2.94. The molecule has 0 radical (unpaired) electrons. The van der Waals surface area contributed by atoms with Crippen molar-refractivity contribution in [3.05, 3.63) is 70.5 Å². The Morgan fingerprint density at radius 2 is 1.67 bits per heavy atom. The second kappa shape index (κ2) is 6.62. The summed E-state index contributed by atoms with van der Waals surface area (Å²) in [5.74, 6) is -2.63. The molecule has 7 heteroatoms. The van der Waals surface area contributed by atoms with E-state index in [0.717, 1.165) is 17.0 Å². The van der Waals surface area contributed by atoms with E-state index >= 15 is 0 Å². The molecule has 1 unspecified atom stereocenters. The van der Waals surface area contributed by atoms with Gasteiger partial charge in [0.2, 0.25) is 0 Å². The van der Waals surface area contributed by atoms with E-state index in [1.54, 1.807) is 6.20 Å². The van der Waals surface area contributed by atoms with Crippen LogP contribution in [0.15, 0.2) is 42.6 Å². The molecule has 1 aromatic heterocycles. The molecular formula is C17H13F3N2OS. The van der Waals surface area contributed by atoms with Crippen LogP contribution in [0.2, 0.25) is 0 Å². The van der Waals surface area contributed by atoms with E-state index in [4.69, 9.17) is 0 Å². The molecule has 2 N–H and O–H groups in total. The third-order valence-electron chi connectivity index (χ3n) is 3.43. The molecule has 0 aliphatic rings. The molecule has 3 nitrogen and oxygen atoms in total. The standard InChI is InChI=1S/C17H13F3N2OS/c1-9-8-21-17(24-9)22-16(23)12-4-2-10(6-14(12)19)11-3-5-13(18)15(20)7-11/h2-8,16,23H,1H3,(H,21,22). The number of hydrogen-bond acceptors (Lipinski definition) is 4. The fourth-order valence-electron chi connectivity index (χ4n) is 2.22. The quantitative estimate of drug-likeness (QED) is 0.674. The van der Waals surface area contributed by atoms with Gasteiger partial charge in [0, 0.05) is 16.6 Å². The van der Waals surface area contributed by atoms with Crippen LogP contribution in [0, 0.1) is 24.4 Å². The maximum absolute atomic E-state index is 14.3. The lowest BCUT2D eigenvalue weighted by molar-refractivity contribution is 0.203. The summed E-state index contributed by atoms with van der Waals surface area (Å²) in [5.41, 5.74) is 0.763. The number of aryl methyl sites for hydroxylation is 1. The highest BCUT2D eigenvalue weighted by Gasteiger charge is 2.15. The average molecular weight is 350 g/mol. The van der Waals surface area contributed by atoms with Gasteiger partial charge in [-0.15, -0.1) is 11.3 Å². The van der Waals surface area contributed by atoms with Crippen molar-refractivity contribution in [1.82, 2.24) is 4.98 Å². The number of aliphatic hydroxyl groups is 1. The lowest BCUT2D eigenvalue weighted by Gasteiger charge is -2.14. The minimum absolute atomic E-state index is 0.0363. The van der Waals surface area contributed by atoms with Crippen molar-refractivity contribution in [2.24, 2.45) is 0 Å². The first-order valence-electron chi connectivity index (χ1n) is 7.06. The van der Waals surface area contributed by atoms with Gasteiger partial charge in [-0.2, -0.15) is 0 Å². The number of rotatable bonds is 4. The van der Waals surface area contributed by atoms with E-state index < -0.39 is 23.7 Å². The van der Waals surface area contributed by atoms with Crippen molar-refractivity contribution in [2.75, 3.05) is 5.32 Å². The Hall–Kier alpha value is -2.38. The number of benzene rings is 2. The van der Waals surface area contributed by atoms with Gasteiger partial charge in [0.25, 0.3) is 0 Å². The monoisotopic (exact) mass is 350 g/mol. The molecule has 3 rings (SSSR count). The fraction of sp³-hybridized carbons (Fsp3) is 0.118. The first kappa shape index (κ1) is 16.5. The smallest absolute Gasteiger partial charge is 0.185 e. The van der Waals surface area contributed by atoms with Crippen molar-refractivity contribution in [3.8, 4) is 11.1 Å². The van der Waals surface area contributed by atoms with Crippen LogP contribution in [0.3, 0.4) is 0 Å². The number of nitrogens with zero attached hydrogens (tertiary/aromatic N) is 1. The first-order valence-corrected chi connectivity index (χ1v) is 7.87. The lowest BCUT2D eigenvalue weighted by Crippen LogP contribution is -2.11. The molecule has 0 fully saturated rings. The highest BCUT2D eigenvalue weighted by Crippen LogP contribution is 2.28. The van der Waals surface area contributed by atoms with Crippen molar-refractivity contribution in [2.45, 2.75) is 13.2 Å². The summed E-state index contributed by atoms with van der Waals surface area (Å²) in [6.07, 6.45) is 0.372. The molecular weight excluding hydrogens is 337 g/mol. The Morgan fingerprint density at radius 3 is 2.25 bits per heavy atom. The number of thiazole rings is 1.